The van der Waals surface area contributed by atoms with Crippen LogP contribution in [0.5, 0.6) is 11.5 Å². The van der Waals surface area contributed by atoms with Gasteiger partial charge in [0.15, 0.2) is 18.1 Å². The molecule has 30 heavy (non-hydrogen) atoms. The van der Waals surface area contributed by atoms with E-state index in [1.165, 1.54) is 6.92 Å². The molecule has 1 N–H and O–H groups in total. The smallest absolute Gasteiger partial charge is 0.344 e. The SMILES string of the molecule is CCOC(=O)c1c(C)oc(NC(=O)COc2ccccc2OCC)c1C(=O)OCC. The Bertz CT molecular complexity index is 902. The molecule has 0 saturated heterocycles. The Balaban J connectivity index is 2.21. The topological polar surface area (TPSA) is 113 Å². The summed E-state index contributed by atoms with van der Waals surface area (Å²) in [5.41, 5.74) is -0.288. The van der Waals surface area contributed by atoms with E-state index in [2.05, 4.69) is 5.32 Å². The lowest BCUT2D eigenvalue weighted by molar-refractivity contribution is -0.118. The molecule has 2 rings (SSSR count). The second kappa shape index (κ2) is 10.9. The third-order valence-electron chi connectivity index (χ3n) is 3.80. The number of carbonyl (C=O) groups is 3. The van der Waals surface area contributed by atoms with E-state index in [0.717, 1.165) is 0 Å². The van der Waals surface area contributed by atoms with Crippen LogP contribution < -0.4 is 14.8 Å². The van der Waals surface area contributed by atoms with Crippen molar-refractivity contribution in [3.63, 3.8) is 0 Å². The fraction of sp³-hybridized carbons (Fsp3) is 0.381. The van der Waals surface area contributed by atoms with Crippen LogP contribution in [-0.2, 0) is 14.3 Å². The summed E-state index contributed by atoms with van der Waals surface area (Å²) in [6, 6.07) is 6.91. The third kappa shape index (κ3) is 5.53. The standard InChI is InChI=1S/C21H25NO8/c1-5-26-14-10-8-9-11-15(14)29-12-16(23)22-19-18(21(25)28-7-3)17(13(4)30-19)20(24)27-6-2/h8-11H,5-7,12H2,1-4H3,(H,22,23). The van der Waals surface area contributed by atoms with Crippen LogP contribution in [0.2, 0.25) is 0 Å². The molecule has 1 heterocycles. The van der Waals surface area contributed by atoms with Gasteiger partial charge >= 0.3 is 11.9 Å². The summed E-state index contributed by atoms with van der Waals surface area (Å²) in [6.07, 6.45) is 0. The van der Waals surface area contributed by atoms with Crippen molar-refractivity contribution in [1.29, 1.82) is 0 Å². The Morgan fingerprint density at radius 3 is 2.00 bits per heavy atom. The van der Waals surface area contributed by atoms with Gasteiger partial charge in [0, 0.05) is 0 Å². The Morgan fingerprint density at radius 1 is 0.867 bits per heavy atom. The van der Waals surface area contributed by atoms with Gasteiger partial charge in [-0.3, -0.25) is 10.1 Å². The van der Waals surface area contributed by atoms with E-state index >= 15 is 0 Å². The molecule has 0 aliphatic rings. The molecule has 0 atom stereocenters. The van der Waals surface area contributed by atoms with Gasteiger partial charge in [-0.1, -0.05) is 12.1 Å². The molecule has 0 aliphatic carbocycles. The van der Waals surface area contributed by atoms with Gasteiger partial charge < -0.3 is 23.4 Å². The zero-order chi connectivity index (χ0) is 22.1. The Kier molecular flexibility index (Phi) is 8.28. The summed E-state index contributed by atoms with van der Waals surface area (Å²) in [5, 5.41) is 2.45. The van der Waals surface area contributed by atoms with Gasteiger partial charge in [-0.15, -0.1) is 0 Å². The predicted octanol–water partition coefficient (Wildman–Crippen LogP) is 3.36. The van der Waals surface area contributed by atoms with Gasteiger partial charge in [-0.2, -0.15) is 0 Å². The number of esters is 2. The van der Waals surface area contributed by atoms with Crippen LogP contribution in [-0.4, -0.2) is 44.3 Å². The number of anilines is 1. The molecule has 0 spiro atoms. The number of furan rings is 1. The number of amides is 1. The number of hydrogen-bond acceptors (Lipinski definition) is 8. The lowest BCUT2D eigenvalue weighted by Gasteiger charge is -2.11. The predicted molar refractivity (Wildman–Crippen MR) is 107 cm³/mol. The lowest BCUT2D eigenvalue weighted by Crippen LogP contribution is -2.22. The third-order valence-corrected chi connectivity index (χ3v) is 3.80. The Labute approximate surface area is 174 Å². The number of benzene rings is 1. The van der Waals surface area contributed by atoms with E-state index < -0.39 is 17.8 Å². The van der Waals surface area contributed by atoms with Crippen molar-refractivity contribution in [3.05, 3.63) is 41.2 Å². The van der Waals surface area contributed by atoms with Crippen LogP contribution in [0.25, 0.3) is 0 Å². The van der Waals surface area contributed by atoms with E-state index in [9.17, 15) is 14.4 Å². The maximum atomic E-state index is 12.4. The average molecular weight is 419 g/mol. The first-order valence-electron chi connectivity index (χ1n) is 9.54. The largest absolute Gasteiger partial charge is 0.490 e. The maximum Gasteiger partial charge on any atom is 0.344 e. The first-order valence-corrected chi connectivity index (χ1v) is 9.54. The molecule has 1 aromatic carbocycles. The molecule has 0 bridgehead atoms. The summed E-state index contributed by atoms with van der Waals surface area (Å²) in [5.74, 6) is -1.35. The molecule has 9 nitrogen and oxygen atoms in total. The fourth-order valence-corrected chi connectivity index (χ4v) is 2.63. The first-order chi connectivity index (χ1) is 14.4. The van der Waals surface area contributed by atoms with Gasteiger partial charge in [-0.25, -0.2) is 9.59 Å². The molecular formula is C21H25NO8. The summed E-state index contributed by atoms with van der Waals surface area (Å²) >= 11 is 0. The number of nitrogens with one attached hydrogen (secondary N) is 1. The molecule has 0 saturated carbocycles. The number of aryl methyl sites for hydroxylation is 1. The molecule has 1 amide bonds. The van der Waals surface area contributed by atoms with Gasteiger partial charge in [0.2, 0.25) is 5.88 Å². The van der Waals surface area contributed by atoms with Crippen molar-refractivity contribution in [2.45, 2.75) is 27.7 Å². The highest BCUT2D eigenvalue weighted by Crippen LogP contribution is 2.29. The molecule has 1 aromatic heterocycles. The quantitative estimate of drug-likeness (QED) is 0.583. The minimum absolute atomic E-state index is 0.0794. The molecule has 2 aromatic rings. The van der Waals surface area contributed by atoms with Gasteiger partial charge in [0.1, 0.15) is 16.9 Å². The second-order valence-corrected chi connectivity index (χ2v) is 5.89. The molecule has 162 valence electrons. The minimum Gasteiger partial charge on any atom is -0.490 e. The van der Waals surface area contributed by atoms with Crippen molar-refractivity contribution in [2.24, 2.45) is 0 Å². The van der Waals surface area contributed by atoms with E-state index in [0.29, 0.717) is 18.1 Å². The Morgan fingerprint density at radius 2 is 1.43 bits per heavy atom. The molecular weight excluding hydrogens is 394 g/mol. The van der Waals surface area contributed by atoms with Crippen LogP contribution in [0.3, 0.4) is 0 Å². The molecule has 0 fully saturated rings. The zero-order valence-electron chi connectivity index (χ0n) is 17.4. The summed E-state index contributed by atoms with van der Waals surface area (Å²) in [4.78, 5) is 37.1. The molecule has 0 aliphatic heterocycles. The average Bonchev–Trinajstić information content (AvgIpc) is 3.03. The lowest BCUT2D eigenvalue weighted by atomic mass is 10.1. The second-order valence-electron chi connectivity index (χ2n) is 5.89. The number of rotatable bonds is 10. The van der Waals surface area contributed by atoms with E-state index in [1.54, 1.807) is 38.1 Å². The van der Waals surface area contributed by atoms with E-state index in [-0.39, 0.29) is 42.6 Å². The van der Waals surface area contributed by atoms with Crippen molar-refractivity contribution >= 4 is 23.7 Å². The van der Waals surface area contributed by atoms with Crippen LogP contribution >= 0.6 is 0 Å². The summed E-state index contributed by atoms with van der Waals surface area (Å²) in [6.45, 7) is 6.84. The van der Waals surface area contributed by atoms with Gasteiger partial charge in [-0.05, 0) is 39.8 Å². The van der Waals surface area contributed by atoms with Crippen LogP contribution in [0, 0.1) is 6.92 Å². The molecule has 0 unspecified atom stereocenters. The summed E-state index contributed by atoms with van der Waals surface area (Å²) < 4.78 is 26.4. The Hall–Kier alpha value is -3.49. The zero-order valence-corrected chi connectivity index (χ0v) is 17.4. The maximum absolute atomic E-state index is 12.4. The monoisotopic (exact) mass is 419 g/mol. The van der Waals surface area contributed by atoms with Crippen LogP contribution in [0.15, 0.2) is 28.7 Å². The highest BCUT2D eigenvalue weighted by atomic mass is 16.5. The fourth-order valence-electron chi connectivity index (χ4n) is 2.63. The number of para-hydroxylation sites is 2. The molecule has 0 radical (unpaired) electrons. The van der Waals surface area contributed by atoms with Crippen LogP contribution in [0.1, 0.15) is 47.2 Å². The van der Waals surface area contributed by atoms with Crippen molar-refractivity contribution in [2.75, 3.05) is 31.7 Å². The first kappa shape index (κ1) is 22.8. The highest BCUT2D eigenvalue weighted by Gasteiger charge is 2.31. The van der Waals surface area contributed by atoms with E-state index in [4.69, 9.17) is 23.4 Å². The van der Waals surface area contributed by atoms with Crippen molar-refractivity contribution in [3.8, 4) is 11.5 Å². The van der Waals surface area contributed by atoms with Crippen molar-refractivity contribution in [1.82, 2.24) is 0 Å². The summed E-state index contributed by atoms with van der Waals surface area (Å²) in [7, 11) is 0. The van der Waals surface area contributed by atoms with Crippen LogP contribution in [0.4, 0.5) is 5.88 Å². The van der Waals surface area contributed by atoms with E-state index in [1.807, 2.05) is 6.92 Å². The van der Waals surface area contributed by atoms with Gasteiger partial charge in [0.25, 0.3) is 5.91 Å². The number of hydrogen-bond donors (Lipinski definition) is 1. The minimum atomic E-state index is -0.810. The van der Waals surface area contributed by atoms with Gasteiger partial charge in [0.05, 0.1) is 19.8 Å². The normalized spacial score (nSPS) is 10.3. The number of carbonyl (C=O) groups excluding carboxylic acids is 3. The van der Waals surface area contributed by atoms with Crippen molar-refractivity contribution < 1.29 is 37.7 Å². The number of ether oxygens (including phenoxy) is 4. The highest BCUT2D eigenvalue weighted by molar-refractivity contribution is 6.09. The molecule has 9 heteroatoms.